The number of methoxy groups -OCH3 is 1. The zero-order chi connectivity index (χ0) is 29.0. The number of carbonyl (C=O) groups excluding carboxylic acids is 2. The van der Waals surface area contributed by atoms with Crippen molar-refractivity contribution < 1.29 is 33.6 Å². The number of aliphatic hydroxyl groups is 1. The molecule has 1 amide bonds. The van der Waals surface area contributed by atoms with Gasteiger partial charge in [-0.15, -0.1) is 0 Å². The molecule has 1 heterocycles. The van der Waals surface area contributed by atoms with Crippen LogP contribution < -0.4 is 9.64 Å². The lowest BCUT2D eigenvalue weighted by molar-refractivity contribution is -0.302. The van der Waals surface area contributed by atoms with Crippen LogP contribution in [0.5, 0.6) is 5.75 Å². The van der Waals surface area contributed by atoms with Gasteiger partial charge in [-0.2, -0.15) is 0 Å². The standard InChI is InChI=1S/C32H41NO7/c1-17-15-31-18(2)12-23-24(29(23,3)4)22(25(31)34)13-19-16-38-30(5,6)40-27(19)32(31,36)26(17)39-28(35)33(7)20-10-9-11-21(14-20)37-8/h9-11,13-15,18,22-24,26-27,36H,12,16H2,1-8H3/t18-,22+,23-,24+,26+,27-,31+,32-/m1/s1. The van der Waals surface area contributed by atoms with Gasteiger partial charge in [-0.3, -0.25) is 9.69 Å². The van der Waals surface area contributed by atoms with Crippen LogP contribution >= 0.6 is 0 Å². The summed E-state index contributed by atoms with van der Waals surface area (Å²) >= 11 is 0. The third-order valence-corrected chi connectivity index (χ3v) is 10.6. The highest BCUT2D eigenvalue weighted by Crippen LogP contribution is 2.72. The smallest absolute Gasteiger partial charge is 0.414 e. The number of rotatable bonds is 3. The normalized spacial score (nSPS) is 40.3. The van der Waals surface area contributed by atoms with Gasteiger partial charge in [0.25, 0.3) is 0 Å². The van der Waals surface area contributed by atoms with E-state index in [4.69, 9.17) is 18.9 Å². The molecule has 1 spiro atoms. The van der Waals surface area contributed by atoms with E-state index in [1.54, 1.807) is 52.3 Å². The van der Waals surface area contributed by atoms with E-state index in [1.165, 1.54) is 4.90 Å². The van der Waals surface area contributed by atoms with Crippen LogP contribution in [-0.4, -0.2) is 61.3 Å². The summed E-state index contributed by atoms with van der Waals surface area (Å²) in [7, 11) is 3.18. The topological polar surface area (TPSA) is 94.5 Å². The predicted molar refractivity (Wildman–Crippen MR) is 149 cm³/mol. The lowest BCUT2D eigenvalue weighted by Crippen LogP contribution is -2.68. The summed E-state index contributed by atoms with van der Waals surface area (Å²) in [5, 5.41) is 13.1. The first-order valence-corrected chi connectivity index (χ1v) is 14.3. The van der Waals surface area contributed by atoms with Crippen LogP contribution in [0.25, 0.3) is 0 Å². The van der Waals surface area contributed by atoms with Crippen molar-refractivity contribution in [3.05, 3.63) is 47.6 Å². The molecule has 1 aromatic carbocycles. The van der Waals surface area contributed by atoms with Gasteiger partial charge in [0.1, 0.15) is 11.9 Å². The largest absolute Gasteiger partial charge is 0.497 e. The SMILES string of the molecule is COc1cccc(N(C)C(=O)O[C@H]2C(C)=C[C@]34C(=O)[C@@H](C=C5COC(C)(C)O[C@H]5[C@]23O)[C@H]2[C@@H](C[C@H]4C)C2(C)C)c1. The summed E-state index contributed by atoms with van der Waals surface area (Å²) in [5.74, 6) is -0.420. The third-order valence-electron chi connectivity index (χ3n) is 10.6. The third kappa shape index (κ3) is 3.55. The molecule has 4 aliphatic carbocycles. The van der Waals surface area contributed by atoms with Gasteiger partial charge in [-0.25, -0.2) is 4.79 Å². The zero-order valence-corrected chi connectivity index (χ0v) is 24.7. The molecule has 1 N–H and O–H groups in total. The number of ether oxygens (including phenoxy) is 4. The number of ketones is 1. The van der Waals surface area contributed by atoms with Gasteiger partial charge in [-0.05, 0) is 73.6 Å². The Balaban J connectivity index is 1.45. The average molecular weight is 552 g/mol. The molecule has 2 bridgehead atoms. The molecule has 0 aromatic heterocycles. The number of fused-ring (bicyclic) bond motifs is 5. The van der Waals surface area contributed by atoms with Crippen LogP contribution in [0.1, 0.15) is 48.0 Å². The lowest BCUT2D eigenvalue weighted by Gasteiger charge is -2.52. The Morgan fingerprint density at radius 3 is 2.62 bits per heavy atom. The maximum Gasteiger partial charge on any atom is 0.414 e. The van der Waals surface area contributed by atoms with Crippen molar-refractivity contribution in [3.8, 4) is 5.75 Å². The molecule has 216 valence electrons. The molecule has 40 heavy (non-hydrogen) atoms. The first kappa shape index (κ1) is 27.5. The van der Waals surface area contributed by atoms with Gasteiger partial charge in [0.2, 0.25) is 0 Å². The van der Waals surface area contributed by atoms with E-state index in [9.17, 15) is 14.7 Å². The fraction of sp³-hybridized carbons (Fsp3) is 0.625. The summed E-state index contributed by atoms with van der Waals surface area (Å²) in [6, 6.07) is 7.11. The highest BCUT2D eigenvalue weighted by atomic mass is 16.7. The Hall–Kier alpha value is -2.68. The van der Waals surface area contributed by atoms with Crippen LogP contribution in [0.3, 0.4) is 0 Å². The Morgan fingerprint density at radius 1 is 1.20 bits per heavy atom. The van der Waals surface area contributed by atoms with Crippen LogP contribution in [0, 0.1) is 34.5 Å². The second-order valence-corrected chi connectivity index (χ2v) is 13.5. The average Bonchev–Trinajstić information content (AvgIpc) is 3.40. The van der Waals surface area contributed by atoms with Gasteiger partial charge in [0.05, 0.1) is 24.8 Å². The molecule has 1 aromatic rings. The highest BCUT2D eigenvalue weighted by molar-refractivity contribution is 5.96. The van der Waals surface area contributed by atoms with Crippen molar-refractivity contribution in [1.29, 1.82) is 0 Å². The van der Waals surface area contributed by atoms with Crippen molar-refractivity contribution in [2.75, 3.05) is 25.7 Å². The number of carbonyl (C=O) groups is 2. The first-order valence-electron chi connectivity index (χ1n) is 14.3. The van der Waals surface area contributed by atoms with Crippen molar-refractivity contribution in [1.82, 2.24) is 0 Å². The molecule has 1 aliphatic heterocycles. The Morgan fingerprint density at radius 2 is 1.93 bits per heavy atom. The highest BCUT2D eigenvalue weighted by Gasteiger charge is 2.77. The molecule has 8 heteroatoms. The zero-order valence-electron chi connectivity index (χ0n) is 24.7. The van der Waals surface area contributed by atoms with Crippen LogP contribution in [-0.2, 0) is 19.0 Å². The van der Waals surface area contributed by atoms with Gasteiger partial charge in [-0.1, -0.05) is 39.0 Å². The number of Topliss-reactive ketones (excluding diaryl/α,β-unsaturated/α-hetero) is 1. The summed E-state index contributed by atoms with van der Waals surface area (Å²) in [5.41, 5.74) is -1.12. The van der Waals surface area contributed by atoms with Crippen molar-refractivity contribution in [3.63, 3.8) is 0 Å². The molecule has 6 rings (SSSR count). The Kier molecular flexibility index (Phi) is 5.95. The minimum Gasteiger partial charge on any atom is -0.497 e. The number of amides is 1. The predicted octanol–water partition coefficient (Wildman–Crippen LogP) is 4.90. The fourth-order valence-corrected chi connectivity index (χ4v) is 8.40. The minimum absolute atomic E-state index is 0.0112. The maximum atomic E-state index is 14.8. The molecule has 8 atom stereocenters. The van der Waals surface area contributed by atoms with Gasteiger partial charge in [0.15, 0.2) is 23.3 Å². The van der Waals surface area contributed by atoms with Crippen molar-refractivity contribution in [2.24, 2.45) is 34.5 Å². The Labute approximate surface area is 236 Å². The molecule has 1 saturated heterocycles. The van der Waals surface area contributed by atoms with E-state index < -0.39 is 35.1 Å². The maximum absolute atomic E-state index is 14.8. The van der Waals surface area contributed by atoms with Crippen LogP contribution in [0.2, 0.25) is 0 Å². The lowest BCUT2D eigenvalue weighted by atomic mass is 9.59. The van der Waals surface area contributed by atoms with Crippen LogP contribution in [0.15, 0.2) is 47.6 Å². The van der Waals surface area contributed by atoms with Crippen LogP contribution in [0.4, 0.5) is 10.5 Å². The summed E-state index contributed by atoms with van der Waals surface area (Å²) < 4.78 is 24.0. The molecular weight excluding hydrogens is 510 g/mol. The molecule has 0 unspecified atom stereocenters. The molecule has 5 aliphatic rings. The van der Waals surface area contributed by atoms with E-state index in [0.29, 0.717) is 22.9 Å². The number of hydrogen-bond donors (Lipinski definition) is 1. The van der Waals surface area contributed by atoms with Gasteiger partial charge in [0, 0.05) is 19.0 Å². The number of allylic oxidation sites excluding steroid dienone is 1. The summed E-state index contributed by atoms with van der Waals surface area (Å²) in [4.78, 5) is 29.8. The molecular formula is C32H41NO7. The molecule has 0 radical (unpaired) electrons. The summed E-state index contributed by atoms with van der Waals surface area (Å²) in [6.07, 6.45) is 2.08. The minimum atomic E-state index is -1.85. The Bertz CT molecular complexity index is 1330. The van der Waals surface area contributed by atoms with E-state index in [0.717, 1.165) is 12.0 Å². The number of hydrogen-bond acceptors (Lipinski definition) is 7. The number of anilines is 1. The van der Waals surface area contributed by atoms with E-state index >= 15 is 0 Å². The first-order chi connectivity index (χ1) is 18.7. The molecule has 2 saturated carbocycles. The second-order valence-electron chi connectivity index (χ2n) is 13.5. The van der Waals surface area contributed by atoms with Gasteiger partial charge >= 0.3 is 6.09 Å². The van der Waals surface area contributed by atoms with Gasteiger partial charge < -0.3 is 24.1 Å². The summed E-state index contributed by atoms with van der Waals surface area (Å²) in [6.45, 7) is 12.2. The monoisotopic (exact) mass is 551 g/mol. The van der Waals surface area contributed by atoms with E-state index in [2.05, 4.69) is 20.8 Å². The number of benzene rings is 1. The van der Waals surface area contributed by atoms with Crippen molar-refractivity contribution >= 4 is 17.6 Å². The fourth-order valence-electron chi connectivity index (χ4n) is 8.40. The second kappa shape index (κ2) is 8.66. The van der Waals surface area contributed by atoms with Crippen molar-refractivity contribution in [2.45, 2.75) is 71.6 Å². The van der Waals surface area contributed by atoms with E-state index in [1.807, 2.05) is 19.1 Å². The van der Waals surface area contributed by atoms with E-state index in [-0.39, 0.29) is 35.6 Å². The quantitative estimate of drug-likeness (QED) is 0.534. The molecule has 3 fully saturated rings. The molecule has 8 nitrogen and oxygen atoms in total. The number of nitrogens with zero attached hydrogens (tertiary/aromatic N) is 1.